The zero-order valence-corrected chi connectivity index (χ0v) is 12.4. The van der Waals surface area contributed by atoms with Gasteiger partial charge >= 0.3 is 0 Å². The molecule has 4 nitrogen and oxygen atoms in total. The Kier molecular flexibility index (Phi) is 4.79. The van der Waals surface area contributed by atoms with Crippen LogP contribution in [0.5, 0.6) is 5.75 Å². The van der Waals surface area contributed by atoms with Gasteiger partial charge in [0.25, 0.3) is 0 Å². The molecule has 0 unspecified atom stereocenters. The van der Waals surface area contributed by atoms with Crippen LogP contribution < -0.4 is 5.32 Å². The van der Waals surface area contributed by atoms with Gasteiger partial charge in [0.1, 0.15) is 5.75 Å². The maximum atomic E-state index is 9.49. The molecule has 0 aliphatic carbocycles. The first kappa shape index (κ1) is 14.6. The van der Waals surface area contributed by atoms with Crippen LogP contribution in [0, 0.1) is 12.8 Å². The molecule has 2 N–H and O–H groups in total. The van der Waals surface area contributed by atoms with Gasteiger partial charge in [0, 0.05) is 17.8 Å². The van der Waals surface area contributed by atoms with Gasteiger partial charge < -0.3 is 10.4 Å². The van der Waals surface area contributed by atoms with E-state index < -0.39 is 0 Å². The van der Waals surface area contributed by atoms with E-state index in [9.17, 15) is 5.11 Å². The summed E-state index contributed by atoms with van der Waals surface area (Å²) in [7, 11) is 0. The van der Waals surface area contributed by atoms with Crippen molar-refractivity contribution in [3.8, 4) is 5.75 Å². The Labute approximate surface area is 120 Å². The van der Waals surface area contributed by atoms with E-state index in [1.54, 1.807) is 12.1 Å². The molecule has 1 aromatic heterocycles. The van der Waals surface area contributed by atoms with E-state index >= 15 is 0 Å². The fourth-order valence-electron chi connectivity index (χ4n) is 2.14. The van der Waals surface area contributed by atoms with E-state index in [2.05, 4.69) is 31.2 Å². The lowest BCUT2D eigenvalue weighted by molar-refractivity contribution is 0.474. The average molecular weight is 273 g/mol. The van der Waals surface area contributed by atoms with Gasteiger partial charge in [-0.25, -0.2) is 0 Å². The van der Waals surface area contributed by atoms with Gasteiger partial charge in [0.2, 0.25) is 0 Å². The van der Waals surface area contributed by atoms with Crippen LogP contribution in [0.15, 0.2) is 30.5 Å². The van der Waals surface area contributed by atoms with Crippen LogP contribution in [-0.2, 0) is 13.1 Å². The second-order valence-electron chi connectivity index (χ2n) is 5.61. The number of hydrogen-bond donors (Lipinski definition) is 2. The lowest BCUT2D eigenvalue weighted by Crippen LogP contribution is -2.19. The summed E-state index contributed by atoms with van der Waals surface area (Å²) in [6.45, 7) is 9.03. The molecule has 0 saturated carbocycles. The van der Waals surface area contributed by atoms with E-state index in [1.165, 1.54) is 11.3 Å². The zero-order chi connectivity index (χ0) is 14.5. The van der Waals surface area contributed by atoms with Crippen molar-refractivity contribution in [2.24, 2.45) is 5.92 Å². The van der Waals surface area contributed by atoms with E-state index in [0.29, 0.717) is 18.2 Å². The largest absolute Gasteiger partial charge is 0.508 e. The minimum absolute atomic E-state index is 0.297. The monoisotopic (exact) mass is 273 g/mol. The molecular formula is C16H23N3O. The summed E-state index contributed by atoms with van der Waals surface area (Å²) in [4.78, 5) is 0. The quantitative estimate of drug-likeness (QED) is 0.851. The first-order valence-electron chi connectivity index (χ1n) is 7.06. The molecule has 0 spiro atoms. The number of aromatic nitrogens is 2. The van der Waals surface area contributed by atoms with Crippen LogP contribution >= 0.6 is 0 Å². The fourth-order valence-corrected chi connectivity index (χ4v) is 2.14. The molecule has 0 radical (unpaired) electrons. The molecule has 2 rings (SSSR count). The molecule has 0 aliphatic heterocycles. The molecule has 0 fully saturated rings. The highest BCUT2D eigenvalue weighted by Crippen LogP contribution is 2.14. The summed E-state index contributed by atoms with van der Waals surface area (Å²) >= 11 is 0. The molecule has 108 valence electrons. The van der Waals surface area contributed by atoms with Crippen molar-refractivity contribution in [3.05, 3.63) is 47.3 Å². The number of aromatic hydroxyl groups is 1. The van der Waals surface area contributed by atoms with E-state index in [0.717, 1.165) is 18.7 Å². The van der Waals surface area contributed by atoms with Crippen LogP contribution in [0.4, 0.5) is 0 Å². The molecule has 1 aromatic carbocycles. The zero-order valence-electron chi connectivity index (χ0n) is 12.4. The molecule has 0 amide bonds. The van der Waals surface area contributed by atoms with Gasteiger partial charge in [-0.05, 0) is 37.1 Å². The third-order valence-electron chi connectivity index (χ3n) is 3.32. The molecule has 0 bridgehead atoms. The number of rotatable bonds is 6. The Bertz CT molecular complexity index is 561. The summed E-state index contributed by atoms with van der Waals surface area (Å²) < 4.78 is 1.97. The summed E-state index contributed by atoms with van der Waals surface area (Å²) in [5.41, 5.74) is 3.45. The second-order valence-corrected chi connectivity index (χ2v) is 5.61. The lowest BCUT2D eigenvalue weighted by Gasteiger charge is -2.08. The van der Waals surface area contributed by atoms with E-state index in [-0.39, 0.29) is 0 Å². The second kappa shape index (κ2) is 6.57. The van der Waals surface area contributed by atoms with Gasteiger partial charge in [-0.3, -0.25) is 4.68 Å². The van der Waals surface area contributed by atoms with Gasteiger partial charge in [0.05, 0.1) is 12.7 Å². The summed E-state index contributed by atoms with van der Waals surface area (Å²) in [6, 6.07) is 7.31. The predicted molar refractivity (Wildman–Crippen MR) is 80.7 cm³/mol. The fraction of sp³-hybridized carbons (Fsp3) is 0.438. The SMILES string of the molecule is Cc1c(CNCC(C)C)cnn1Cc1cccc(O)c1. The third kappa shape index (κ3) is 3.84. The first-order valence-corrected chi connectivity index (χ1v) is 7.06. The number of hydrogen-bond acceptors (Lipinski definition) is 3. The van der Waals surface area contributed by atoms with Crippen LogP contribution in [0.3, 0.4) is 0 Å². The molecular weight excluding hydrogens is 250 g/mol. The maximum Gasteiger partial charge on any atom is 0.115 e. The third-order valence-corrected chi connectivity index (χ3v) is 3.32. The highest BCUT2D eigenvalue weighted by molar-refractivity contribution is 5.28. The van der Waals surface area contributed by atoms with Crippen molar-refractivity contribution in [3.63, 3.8) is 0 Å². The first-order chi connectivity index (χ1) is 9.56. The van der Waals surface area contributed by atoms with Crippen LogP contribution in [0.1, 0.15) is 30.7 Å². The summed E-state index contributed by atoms with van der Waals surface area (Å²) in [6.07, 6.45) is 1.92. The highest BCUT2D eigenvalue weighted by atomic mass is 16.3. The molecule has 0 atom stereocenters. The number of phenols is 1. The highest BCUT2D eigenvalue weighted by Gasteiger charge is 2.07. The number of nitrogens with zero attached hydrogens (tertiary/aromatic N) is 2. The van der Waals surface area contributed by atoms with Crippen LogP contribution in [0.25, 0.3) is 0 Å². The van der Waals surface area contributed by atoms with Gasteiger partial charge in [-0.15, -0.1) is 0 Å². The van der Waals surface area contributed by atoms with Gasteiger partial charge in [-0.1, -0.05) is 26.0 Å². The number of nitrogens with one attached hydrogen (secondary N) is 1. The standard InChI is InChI=1S/C16H23N3O/c1-12(2)8-17-9-15-10-18-19(13(15)3)11-14-5-4-6-16(20)7-14/h4-7,10,12,17,20H,8-9,11H2,1-3H3. The summed E-state index contributed by atoms with van der Waals surface area (Å²) in [5, 5.41) is 17.4. The van der Waals surface area contributed by atoms with Crippen molar-refractivity contribution in [1.82, 2.24) is 15.1 Å². The van der Waals surface area contributed by atoms with Gasteiger partial charge in [0.15, 0.2) is 0 Å². The molecule has 0 saturated heterocycles. The van der Waals surface area contributed by atoms with Crippen LogP contribution in [-0.4, -0.2) is 21.4 Å². The smallest absolute Gasteiger partial charge is 0.115 e. The maximum absolute atomic E-state index is 9.49. The van der Waals surface area contributed by atoms with Crippen molar-refractivity contribution in [2.45, 2.75) is 33.9 Å². The molecule has 1 heterocycles. The van der Waals surface area contributed by atoms with Gasteiger partial charge in [-0.2, -0.15) is 5.10 Å². The Balaban J connectivity index is 2.01. The molecule has 4 heteroatoms. The Hall–Kier alpha value is -1.81. The van der Waals surface area contributed by atoms with Crippen molar-refractivity contribution >= 4 is 0 Å². The molecule has 20 heavy (non-hydrogen) atoms. The lowest BCUT2D eigenvalue weighted by atomic mass is 10.2. The Morgan fingerprint density at radius 2 is 2.15 bits per heavy atom. The van der Waals surface area contributed by atoms with Crippen molar-refractivity contribution < 1.29 is 5.11 Å². The molecule has 2 aromatic rings. The molecule has 0 aliphatic rings. The number of benzene rings is 1. The van der Waals surface area contributed by atoms with Crippen molar-refractivity contribution in [2.75, 3.05) is 6.54 Å². The Morgan fingerprint density at radius 3 is 2.85 bits per heavy atom. The normalized spacial score (nSPS) is 11.2. The minimum Gasteiger partial charge on any atom is -0.508 e. The minimum atomic E-state index is 0.297. The average Bonchev–Trinajstić information content (AvgIpc) is 2.71. The van der Waals surface area contributed by atoms with Crippen molar-refractivity contribution in [1.29, 1.82) is 0 Å². The number of phenolic OH excluding ortho intramolecular Hbond substituents is 1. The van der Waals surface area contributed by atoms with Crippen LogP contribution in [0.2, 0.25) is 0 Å². The van der Waals surface area contributed by atoms with E-state index in [4.69, 9.17) is 0 Å². The predicted octanol–water partition coefficient (Wildman–Crippen LogP) is 2.69. The van der Waals surface area contributed by atoms with E-state index in [1.807, 2.05) is 23.0 Å². The Morgan fingerprint density at radius 1 is 1.35 bits per heavy atom. The topological polar surface area (TPSA) is 50.1 Å². The summed E-state index contributed by atoms with van der Waals surface area (Å²) in [5.74, 6) is 0.948.